The molecule has 0 unspecified atom stereocenters. The first kappa shape index (κ1) is 21.6. The van der Waals surface area contributed by atoms with E-state index in [1.54, 1.807) is 26.5 Å². The van der Waals surface area contributed by atoms with Crippen molar-refractivity contribution >= 4 is 28.7 Å². The van der Waals surface area contributed by atoms with Crippen LogP contribution in [0.5, 0.6) is 0 Å². The molecule has 1 aliphatic heterocycles. The van der Waals surface area contributed by atoms with Gasteiger partial charge in [0.05, 0.1) is 0 Å². The van der Waals surface area contributed by atoms with Crippen LogP contribution >= 0.6 is 0 Å². The molecule has 2 N–H and O–H groups in total. The van der Waals surface area contributed by atoms with Gasteiger partial charge in [0, 0.05) is 56.1 Å². The Hall–Kier alpha value is -3.65. The Labute approximate surface area is 185 Å². The van der Waals surface area contributed by atoms with Gasteiger partial charge >= 0.3 is 11.9 Å². The molecule has 0 radical (unpaired) electrons. The highest BCUT2D eigenvalue weighted by atomic mass is 16.4. The van der Waals surface area contributed by atoms with Crippen LogP contribution < -0.4 is 0 Å². The van der Waals surface area contributed by atoms with Crippen molar-refractivity contribution in [2.75, 3.05) is 26.2 Å². The molecule has 0 spiro atoms. The lowest BCUT2D eigenvalue weighted by molar-refractivity contribution is -0.144. The van der Waals surface area contributed by atoms with Crippen molar-refractivity contribution in [2.24, 2.45) is 0 Å². The number of fused-ring (bicyclic) bond motifs is 1. The van der Waals surface area contributed by atoms with E-state index in [-0.39, 0.29) is 17.2 Å². The number of carbonyl (C=O) groups excluding carboxylic acids is 1. The average Bonchev–Trinajstić information content (AvgIpc) is 3.09. The zero-order valence-electron chi connectivity index (χ0n) is 17.8. The number of hydrogen-bond donors (Lipinski definition) is 2. The van der Waals surface area contributed by atoms with E-state index in [4.69, 9.17) is 0 Å². The van der Waals surface area contributed by atoms with E-state index in [1.807, 2.05) is 42.5 Å². The predicted octanol–water partition coefficient (Wildman–Crippen LogP) is 2.68. The van der Waals surface area contributed by atoms with E-state index in [0.717, 1.165) is 5.56 Å². The first-order chi connectivity index (χ1) is 15.4. The number of hydrogen-bond acceptors (Lipinski definition) is 4. The fourth-order valence-electron chi connectivity index (χ4n) is 4.53. The summed E-state index contributed by atoms with van der Waals surface area (Å²) in [5.74, 6) is -2.32. The normalized spacial score (nSPS) is 15.6. The molecule has 1 atom stereocenters. The molecular formula is C24H25N3O5. The third kappa shape index (κ3) is 3.97. The zero-order valence-corrected chi connectivity index (χ0v) is 17.8. The summed E-state index contributed by atoms with van der Waals surface area (Å²) < 4.78 is 1.68. The number of benzene rings is 2. The van der Waals surface area contributed by atoms with Crippen LogP contribution in [0.2, 0.25) is 0 Å². The second-order valence-electron chi connectivity index (χ2n) is 7.94. The van der Waals surface area contributed by atoms with Crippen LogP contribution in [0, 0.1) is 0 Å². The van der Waals surface area contributed by atoms with Crippen molar-refractivity contribution in [3.05, 3.63) is 71.4 Å². The van der Waals surface area contributed by atoms with Gasteiger partial charge in [-0.05, 0) is 11.6 Å². The Morgan fingerprint density at radius 1 is 0.906 bits per heavy atom. The van der Waals surface area contributed by atoms with Gasteiger partial charge in [-0.2, -0.15) is 0 Å². The summed E-state index contributed by atoms with van der Waals surface area (Å²) in [4.78, 5) is 40.1. The molecule has 1 aromatic heterocycles. The second-order valence-corrected chi connectivity index (χ2v) is 7.94. The van der Waals surface area contributed by atoms with Crippen LogP contribution in [0.1, 0.15) is 34.6 Å². The van der Waals surface area contributed by atoms with Gasteiger partial charge in [-0.25, -0.2) is 4.79 Å². The van der Waals surface area contributed by atoms with Gasteiger partial charge in [-0.15, -0.1) is 0 Å². The molecule has 3 aromatic rings. The van der Waals surface area contributed by atoms with Crippen molar-refractivity contribution < 1.29 is 24.6 Å². The molecule has 1 aliphatic rings. The molecule has 4 rings (SSSR count). The molecule has 1 amide bonds. The molecule has 1 saturated heterocycles. The number of aromatic carboxylic acids is 1. The lowest BCUT2D eigenvalue weighted by atomic mass is 10.00. The minimum atomic E-state index is -1.17. The number of carboxylic acid groups (broad SMARTS) is 2. The number of amides is 1. The van der Waals surface area contributed by atoms with Gasteiger partial charge in [0.2, 0.25) is 5.91 Å². The maximum absolute atomic E-state index is 12.5. The third-order valence-electron chi connectivity index (χ3n) is 6.03. The van der Waals surface area contributed by atoms with Crippen LogP contribution in [0.15, 0.2) is 54.6 Å². The van der Waals surface area contributed by atoms with E-state index in [2.05, 4.69) is 0 Å². The minimum absolute atomic E-state index is 0.0172. The zero-order chi connectivity index (χ0) is 22.8. The lowest BCUT2D eigenvalue weighted by Crippen LogP contribution is -2.50. The number of carboxylic acids is 2. The number of nitrogens with zero attached hydrogens (tertiary/aromatic N) is 3. The van der Waals surface area contributed by atoms with Crippen molar-refractivity contribution in [3.63, 3.8) is 0 Å². The molecule has 8 heteroatoms. The van der Waals surface area contributed by atoms with Gasteiger partial charge in [0.15, 0.2) is 0 Å². The summed E-state index contributed by atoms with van der Waals surface area (Å²) in [6.07, 6.45) is 0. The van der Waals surface area contributed by atoms with E-state index < -0.39 is 18.0 Å². The first-order valence-corrected chi connectivity index (χ1v) is 10.5. The fraction of sp³-hybridized carbons (Fsp3) is 0.292. The Morgan fingerprint density at radius 3 is 2.12 bits per heavy atom. The van der Waals surface area contributed by atoms with E-state index >= 15 is 0 Å². The van der Waals surface area contributed by atoms with Gasteiger partial charge in [0.1, 0.15) is 11.7 Å². The maximum Gasteiger partial charge on any atom is 0.352 e. The Morgan fingerprint density at radius 2 is 1.53 bits per heavy atom. The number of piperazine rings is 1. The summed E-state index contributed by atoms with van der Waals surface area (Å²) in [5, 5.41) is 21.0. The largest absolute Gasteiger partial charge is 0.480 e. The van der Waals surface area contributed by atoms with Crippen LogP contribution in [0.4, 0.5) is 0 Å². The Balaban J connectivity index is 1.85. The smallest absolute Gasteiger partial charge is 0.352 e. The number of rotatable bonds is 6. The number of carbonyl (C=O) groups is 3. The molecule has 32 heavy (non-hydrogen) atoms. The summed E-state index contributed by atoms with van der Waals surface area (Å²) >= 11 is 0. The predicted molar refractivity (Wildman–Crippen MR) is 119 cm³/mol. The van der Waals surface area contributed by atoms with Crippen LogP contribution in [-0.2, 0) is 16.1 Å². The highest BCUT2D eigenvalue weighted by Crippen LogP contribution is 2.35. The Bertz CT molecular complexity index is 1160. The standard InChI is InChI=1S/C24H25N3O5/c1-16(28)25-11-13-26(14-12-25)21(23(29)30)20-18-9-5-6-10-19(18)27(22(20)24(31)32)15-17-7-3-2-4-8-17/h2-10,21H,11-15H2,1H3,(H,29,30)(H,31,32)/t21-/m0/s1. The quantitative estimate of drug-likeness (QED) is 0.617. The maximum atomic E-state index is 12.5. The van der Waals surface area contributed by atoms with Crippen molar-refractivity contribution in [1.29, 1.82) is 0 Å². The molecule has 2 aromatic carbocycles. The van der Waals surface area contributed by atoms with Crippen molar-refractivity contribution in [2.45, 2.75) is 19.5 Å². The van der Waals surface area contributed by atoms with Crippen LogP contribution in [0.3, 0.4) is 0 Å². The molecule has 1 fully saturated rings. The van der Waals surface area contributed by atoms with E-state index in [9.17, 15) is 24.6 Å². The highest BCUT2D eigenvalue weighted by Gasteiger charge is 2.37. The van der Waals surface area contributed by atoms with Crippen LogP contribution in [-0.4, -0.2) is 68.6 Å². The molecular weight excluding hydrogens is 410 g/mol. The van der Waals surface area contributed by atoms with E-state index in [0.29, 0.717) is 43.6 Å². The van der Waals surface area contributed by atoms with Gasteiger partial charge in [-0.1, -0.05) is 48.5 Å². The van der Waals surface area contributed by atoms with Crippen LogP contribution in [0.25, 0.3) is 10.9 Å². The lowest BCUT2D eigenvalue weighted by Gasteiger charge is -2.37. The fourth-order valence-corrected chi connectivity index (χ4v) is 4.53. The molecule has 0 aliphatic carbocycles. The summed E-state index contributed by atoms with van der Waals surface area (Å²) in [6.45, 7) is 3.33. The van der Waals surface area contributed by atoms with E-state index in [1.165, 1.54) is 6.92 Å². The summed E-state index contributed by atoms with van der Waals surface area (Å²) in [7, 11) is 0. The molecule has 8 nitrogen and oxygen atoms in total. The molecule has 166 valence electrons. The Kier molecular flexibility index (Phi) is 5.96. The SMILES string of the molecule is CC(=O)N1CCN([C@H](C(=O)O)c2c(C(=O)O)n(Cc3ccccc3)c3ccccc23)CC1. The minimum Gasteiger partial charge on any atom is -0.480 e. The molecule has 0 saturated carbocycles. The van der Waals surface area contributed by atoms with Crippen molar-refractivity contribution in [1.82, 2.24) is 14.4 Å². The number of aromatic nitrogens is 1. The summed E-state index contributed by atoms with van der Waals surface area (Å²) in [6, 6.07) is 15.6. The van der Waals surface area contributed by atoms with Gasteiger partial charge in [0.25, 0.3) is 0 Å². The summed E-state index contributed by atoms with van der Waals surface area (Å²) in [5.41, 5.74) is 1.87. The third-order valence-corrected chi connectivity index (χ3v) is 6.03. The van der Waals surface area contributed by atoms with Gasteiger partial charge < -0.3 is 19.7 Å². The second kappa shape index (κ2) is 8.84. The van der Waals surface area contributed by atoms with Gasteiger partial charge in [-0.3, -0.25) is 14.5 Å². The first-order valence-electron chi connectivity index (χ1n) is 10.5. The number of para-hydroxylation sites is 1. The van der Waals surface area contributed by atoms with Crippen molar-refractivity contribution in [3.8, 4) is 0 Å². The molecule has 0 bridgehead atoms. The topological polar surface area (TPSA) is 103 Å². The highest BCUT2D eigenvalue weighted by molar-refractivity contribution is 6.01. The molecule has 2 heterocycles. The average molecular weight is 435 g/mol. The monoisotopic (exact) mass is 435 g/mol. The number of aliphatic carboxylic acids is 1.